The van der Waals surface area contributed by atoms with Crippen LogP contribution >= 0.6 is 23.2 Å². The molecular formula is C28H25Cl2N3. The van der Waals surface area contributed by atoms with Gasteiger partial charge >= 0.3 is 0 Å². The van der Waals surface area contributed by atoms with Crippen molar-refractivity contribution in [3.05, 3.63) is 102 Å². The quantitative estimate of drug-likeness (QED) is 0.252. The molecule has 3 heterocycles. The number of nitrogens with one attached hydrogen (secondary N) is 2. The fourth-order valence-corrected chi connectivity index (χ4v) is 3.99. The molecule has 166 valence electrons. The second-order valence-corrected chi connectivity index (χ2v) is 8.53. The standard InChI is InChI=1S/C27H23N3.CH2Cl2/c1-18-16-22(20-10-5-3-6-11-20)26(28-18)24-14-9-15-25(30-24)27-23(17-19(2)29-27)21-12-7-4-8-13-21;2-1-3/h3-17,28-29H,1-2H3;1H2. The number of aromatic amines is 2. The van der Waals surface area contributed by atoms with Crippen LogP contribution in [-0.2, 0) is 0 Å². The summed E-state index contributed by atoms with van der Waals surface area (Å²) in [5.74, 6) is 0. The molecule has 0 spiro atoms. The lowest BCUT2D eigenvalue weighted by Gasteiger charge is -2.08. The lowest BCUT2D eigenvalue weighted by molar-refractivity contribution is 1.21. The molecule has 5 aromatic rings. The van der Waals surface area contributed by atoms with E-state index >= 15 is 0 Å². The number of hydrogen-bond acceptors (Lipinski definition) is 1. The summed E-state index contributed by atoms with van der Waals surface area (Å²) in [6.07, 6.45) is 0. The third kappa shape index (κ3) is 5.22. The molecule has 0 saturated heterocycles. The Morgan fingerprint density at radius 1 is 0.606 bits per heavy atom. The molecule has 0 amide bonds. The fourth-order valence-electron chi connectivity index (χ4n) is 3.99. The number of pyridine rings is 1. The summed E-state index contributed by atoms with van der Waals surface area (Å²) in [6, 6.07) is 31.5. The number of alkyl halides is 2. The number of benzene rings is 2. The SMILES string of the molecule is Cc1cc(-c2ccccc2)c(-c2cccc(-c3[nH]c(C)cc3-c3ccccc3)n2)[nH]1.ClCCl. The molecule has 0 aliphatic carbocycles. The van der Waals surface area contributed by atoms with E-state index < -0.39 is 0 Å². The molecule has 0 radical (unpaired) electrons. The maximum atomic E-state index is 5.05. The monoisotopic (exact) mass is 473 g/mol. The van der Waals surface area contributed by atoms with E-state index in [0.29, 0.717) is 0 Å². The highest BCUT2D eigenvalue weighted by Gasteiger charge is 2.15. The Kier molecular flexibility index (Phi) is 7.33. The van der Waals surface area contributed by atoms with Gasteiger partial charge in [0.05, 0.1) is 28.1 Å². The molecule has 0 aliphatic rings. The van der Waals surface area contributed by atoms with Crippen LogP contribution in [0, 0.1) is 13.8 Å². The Labute approximate surface area is 204 Å². The average molecular weight is 474 g/mol. The molecule has 0 atom stereocenters. The van der Waals surface area contributed by atoms with Crippen molar-refractivity contribution in [1.29, 1.82) is 0 Å². The van der Waals surface area contributed by atoms with E-state index in [0.717, 1.165) is 34.2 Å². The van der Waals surface area contributed by atoms with Crippen LogP contribution in [-0.4, -0.2) is 20.3 Å². The van der Waals surface area contributed by atoms with Gasteiger partial charge in [0.15, 0.2) is 0 Å². The fraction of sp³-hybridized carbons (Fsp3) is 0.107. The predicted octanol–water partition coefficient (Wildman–Crippen LogP) is 8.44. The maximum Gasteiger partial charge on any atom is 0.0967 e. The highest BCUT2D eigenvalue weighted by molar-refractivity contribution is 6.40. The second-order valence-electron chi connectivity index (χ2n) is 7.72. The zero-order valence-corrected chi connectivity index (χ0v) is 20.1. The second kappa shape index (κ2) is 10.6. The van der Waals surface area contributed by atoms with E-state index in [1.165, 1.54) is 22.3 Å². The molecule has 0 saturated carbocycles. The van der Waals surface area contributed by atoms with E-state index in [4.69, 9.17) is 28.2 Å². The molecule has 5 rings (SSSR count). The summed E-state index contributed by atoms with van der Waals surface area (Å²) >= 11 is 9.53. The lowest BCUT2D eigenvalue weighted by atomic mass is 10.0. The average Bonchev–Trinajstić information content (AvgIpc) is 3.44. The van der Waals surface area contributed by atoms with Gasteiger partial charge in [-0.25, -0.2) is 4.98 Å². The molecule has 0 bridgehead atoms. The Balaban J connectivity index is 0.000000821. The van der Waals surface area contributed by atoms with Gasteiger partial charge in [-0.05, 0) is 49.2 Å². The number of nitrogens with zero attached hydrogens (tertiary/aromatic N) is 1. The van der Waals surface area contributed by atoms with E-state index in [1.54, 1.807) is 0 Å². The zero-order chi connectivity index (χ0) is 23.2. The van der Waals surface area contributed by atoms with E-state index in [9.17, 15) is 0 Å². The molecule has 3 nitrogen and oxygen atoms in total. The van der Waals surface area contributed by atoms with E-state index in [-0.39, 0.29) is 5.34 Å². The van der Waals surface area contributed by atoms with Gasteiger partial charge in [0.25, 0.3) is 0 Å². The summed E-state index contributed by atoms with van der Waals surface area (Å²) in [7, 11) is 0. The molecule has 0 fully saturated rings. The zero-order valence-electron chi connectivity index (χ0n) is 18.6. The van der Waals surface area contributed by atoms with Crippen LogP contribution in [0.1, 0.15) is 11.4 Å². The minimum Gasteiger partial charge on any atom is -0.357 e. The Morgan fingerprint density at radius 2 is 1.00 bits per heavy atom. The number of aromatic nitrogens is 3. The number of H-pyrrole nitrogens is 2. The summed E-state index contributed by atoms with van der Waals surface area (Å²) in [5, 5.41) is 0.194. The highest BCUT2D eigenvalue weighted by Crippen LogP contribution is 2.35. The molecule has 0 aliphatic heterocycles. The maximum absolute atomic E-state index is 5.05. The van der Waals surface area contributed by atoms with Crippen LogP contribution in [0.2, 0.25) is 0 Å². The van der Waals surface area contributed by atoms with E-state index in [1.807, 2.05) is 12.1 Å². The van der Waals surface area contributed by atoms with Gasteiger partial charge in [-0.2, -0.15) is 0 Å². The summed E-state index contributed by atoms with van der Waals surface area (Å²) in [6.45, 7) is 4.17. The first-order valence-electron chi connectivity index (χ1n) is 10.7. The highest BCUT2D eigenvalue weighted by atomic mass is 35.5. The summed E-state index contributed by atoms with van der Waals surface area (Å²) in [5.41, 5.74) is 10.9. The molecular weight excluding hydrogens is 449 g/mol. The van der Waals surface area contributed by atoms with Crippen molar-refractivity contribution in [2.24, 2.45) is 0 Å². The van der Waals surface area contributed by atoms with Crippen molar-refractivity contribution < 1.29 is 0 Å². The van der Waals surface area contributed by atoms with E-state index in [2.05, 4.69) is 103 Å². The van der Waals surface area contributed by atoms with Crippen LogP contribution in [0.3, 0.4) is 0 Å². The van der Waals surface area contributed by atoms with Gasteiger partial charge in [0.2, 0.25) is 0 Å². The largest absolute Gasteiger partial charge is 0.357 e. The van der Waals surface area contributed by atoms with Gasteiger partial charge in [0, 0.05) is 22.5 Å². The Hall–Kier alpha value is -3.27. The molecule has 3 aromatic heterocycles. The van der Waals surface area contributed by atoms with Gasteiger partial charge in [-0.1, -0.05) is 66.7 Å². The minimum atomic E-state index is 0.194. The van der Waals surface area contributed by atoms with Crippen molar-refractivity contribution in [1.82, 2.24) is 15.0 Å². The molecule has 5 heteroatoms. The number of rotatable bonds is 4. The van der Waals surface area contributed by atoms with Crippen molar-refractivity contribution >= 4 is 23.2 Å². The summed E-state index contributed by atoms with van der Waals surface area (Å²) < 4.78 is 0. The minimum absolute atomic E-state index is 0.194. The van der Waals surface area contributed by atoms with Crippen LogP contribution in [0.15, 0.2) is 91.0 Å². The van der Waals surface area contributed by atoms with Crippen molar-refractivity contribution in [2.45, 2.75) is 13.8 Å². The lowest BCUT2D eigenvalue weighted by Crippen LogP contribution is -1.91. The van der Waals surface area contributed by atoms with Crippen LogP contribution in [0.5, 0.6) is 0 Å². The first-order valence-corrected chi connectivity index (χ1v) is 11.8. The van der Waals surface area contributed by atoms with Gasteiger partial charge in [0.1, 0.15) is 0 Å². The van der Waals surface area contributed by atoms with Crippen molar-refractivity contribution in [2.75, 3.05) is 5.34 Å². The Bertz CT molecular complexity index is 1220. The summed E-state index contributed by atoms with van der Waals surface area (Å²) in [4.78, 5) is 12.1. The van der Waals surface area contributed by atoms with Crippen LogP contribution in [0.25, 0.3) is 45.0 Å². The van der Waals surface area contributed by atoms with Gasteiger partial charge in [-0.15, -0.1) is 23.2 Å². The van der Waals surface area contributed by atoms with Gasteiger partial charge < -0.3 is 9.97 Å². The van der Waals surface area contributed by atoms with Gasteiger partial charge in [-0.3, -0.25) is 0 Å². The Morgan fingerprint density at radius 3 is 1.39 bits per heavy atom. The first-order chi connectivity index (χ1) is 16.1. The van der Waals surface area contributed by atoms with Crippen LogP contribution < -0.4 is 0 Å². The molecule has 2 N–H and O–H groups in total. The molecule has 2 aromatic carbocycles. The first kappa shape index (κ1) is 22.9. The predicted molar refractivity (Wildman–Crippen MR) is 141 cm³/mol. The molecule has 33 heavy (non-hydrogen) atoms. The molecule has 0 unspecified atom stereocenters. The number of aryl methyl sites for hydroxylation is 2. The number of hydrogen-bond donors (Lipinski definition) is 2. The third-order valence-electron chi connectivity index (χ3n) is 5.34. The normalized spacial score (nSPS) is 10.5. The van der Waals surface area contributed by atoms with Crippen molar-refractivity contribution in [3.8, 4) is 45.0 Å². The smallest absolute Gasteiger partial charge is 0.0967 e. The van der Waals surface area contributed by atoms with Crippen LogP contribution in [0.4, 0.5) is 0 Å². The third-order valence-corrected chi connectivity index (χ3v) is 5.34. The number of halogens is 2. The van der Waals surface area contributed by atoms with Crippen molar-refractivity contribution in [3.63, 3.8) is 0 Å². The topological polar surface area (TPSA) is 44.5 Å².